The molecule has 1 aliphatic rings. The van der Waals surface area contributed by atoms with Gasteiger partial charge in [0.1, 0.15) is 0 Å². The molecule has 0 aliphatic carbocycles. The molecule has 0 amide bonds. The summed E-state index contributed by atoms with van der Waals surface area (Å²) < 4.78 is 5.43. The Morgan fingerprint density at radius 2 is 2.42 bits per heavy atom. The van der Waals surface area contributed by atoms with E-state index in [1.165, 1.54) is 0 Å². The first kappa shape index (κ1) is 9.57. The summed E-state index contributed by atoms with van der Waals surface area (Å²) in [6.45, 7) is 4.25. The molecule has 2 N–H and O–H groups in total. The summed E-state index contributed by atoms with van der Waals surface area (Å²) >= 11 is 0. The summed E-state index contributed by atoms with van der Waals surface area (Å²) in [5.41, 5.74) is 5.89. The molecule has 0 aromatic heterocycles. The maximum absolute atomic E-state index is 5.73. The van der Waals surface area contributed by atoms with E-state index in [1.807, 2.05) is 6.92 Å². The van der Waals surface area contributed by atoms with Crippen molar-refractivity contribution in [2.75, 3.05) is 19.8 Å². The molecular weight excluding hydrogens is 150 g/mol. The van der Waals surface area contributed by atoms with Gasteiger partial charge in [-0.25, -0.2) is 0 Å². The van der Waals surface area contributed by atoms with Gasteiger partial charge in [0.25, 0.3) is 0 Å². The van der Waals surface area contributed by atoms with Crippen LogP contribution in [0.25, 0.3) is 0 Å². The fourth-order valence-electron chi connectivity index (χ4n) is 1.56. The number of hydrogen-bond donors (Lipinski definition) is 1. The molecule has 0 radical (unpaired) electrons. The lowest BCUT2D eigenvalue weighted by atomic mass is 9.80. The molecule has 0 aromatic carbocycles. The molecule has 0 bridgehead atoms. The standard InChI is InChI=1S/C10H17NO/c1-2-3-5-10(8-11)6-4-7-12-9-10/h4-9,11H2,1H3. The van der Waals surface area contributed by atoms with E-state index in [9.17, 15) is 0 Å². The highest BCUT2D eigenvalue weighted by molar-refractivity contribution is 5.02. The van der Waals surface area contributed by atoms with Gasteiger partial charge in [-0.3, -0.25) is 0 Å². The van der Waals surface area contributed by atoms with Crippen LogP contribution in [0.15, 0.2) is 0 Å². The second kappa shape index (κ2) is 4.49. The summed E-state index contributed by atoms with van der Waals surface area (Å²) in [6.07, 6.45) is 3.18. The highest BCUT2D eigenvalue weighted by Crippen LogP contribution is 2.30. The van der Waals surface area contributed by atoms with Crippen LogP contribution in [0.1, 0.15) is 26.2 Å². The lowest BCUT2D eigenvalue weighted by Gasteiger charge is -2.34. The average Bonchev–Trinajstić information content (AvgIpc) is 2.16. The maximum atomic E-state index is 5.73. The van der Waals surface area contributed by atoms with Crippen LogP contribution in [0.5, 0.6) is 0 Å². The summed E-state index contributed by atoms with van der Waals surface area (Å²) in [6, 6.07) is 0. The molecule has 1 saturated heterocycles. The molecule has 0 aromatic rings. The van der Waals surface area contributed by atoms with E-state index in [4.69, 9.17) is 10.5 Å². The number of nitrogens with two attached hydrogens (primary N) is 1. The fourth-order valence-corrected chi connectivity index (χ4v) is 1.56. The summed E-state index contributed by atoms with van der Waals surface area (Å²) in [4.78, 5) is 0. The second-order valence-electron chi connectivity index (χ2n) is 3.46. The third-order valence-electron chi connectivity index (χ3n) is 2.48. The molecule has 1 rings (SSSR count). The topological polar surface area (TPSA) is 35.2 Å². The zero-order valence-electron chi connectivity index (χ0n) is 7.73. The van der Waals surface area contributed by atoms with Crippen LogP contribution in [0, 0.1) is 17.3 Å². The van der Waals surface area contributed by atoms with E-state index in [0.717, 1.165) is 32.5 Å². The molecule has 1 fully saturated rings. The number of hydrogen-bond acceptors (Lipinski definition) is 2. The molecule has 1 heterocycles. The van der Waals surface area contributed by atoms with Gasteiger partial charge in [-0.2, -0.15) is 0 Å². The quantitative estimate of drug-likeness (QED) is 0.626. The first-order valence-electron chi connectivity index (χ1n) is 4.50. The van der Waals surface area contributed by atoms with Crippen molar-refractivity contribution in [3.8, 4) is 11.8 Å². The van der Waals surface area contributed by atoms with Crippen LogP contribution in [0.3, 0.4) is 0 Å². The van der Waals surface area contributed by atoms with Gasteiger partial charge in [-0.1, -0.05) is 0 Å². The summed E-state index contributed by atoms with van der Waals surface area (Å²) in [5.74, 6) is 6.01. The molecule has 1 atom stereocenters. The third kappa shape index (κ3) is 2.23. The van der Waals surface area contributed by atoms with E-state index in [-0.39, 0.29) is 5.41 Å². The van der Waals surface area contributed by atoms with E-state index < -0.39 is 0 Å². The third-order valence-corrected chi connectivity index (χ3v) is 2.48. The molecule has 68 valence electrons. The monoisotopic (exact) mass is 167 g/mol. The minimum atomic E-state index is 0.154. The average molecular weight is 167 g/mol. The molecular formula is C10H17NO. The Hall–Kier alpha value is -0.520. The zero-order chi connectivity index (χ0) is 8.86. The Labute approximate surface area is 74.5 Å². The van der Waals surface area contributed by atoms with Crippen molar-refractivity contribution in [3.05, 3.63) is 0 Å². The van der Waals surface area contributed by atoms with Crippen molar-refractivity contribution in [1.82, 2.24) is 0 Å². The zero-order valence-corrected chi connectivity index (χ0v) is 7.73. The number of ether oxygens (including phenoxy) is 1. The van der Waals surface area contributed by atoms with Crippen molar-refractivity contribution in [2.45, 2.75) is 26.2 Å². The predicted octanol–water partition coefficient (Wildman–Crippen LogP) is 1.16. The smallest absolute Gasteiger partial charge is 0.0543 e. The maximum Gasteiger partial charge on any atom is 0.0543 e. The Morgan fingerprint density at radius 1 is 1.58 bits per heavy atom. The largest absolute Gasteiger partial charge is 0.381 e. The van der Waals surface area contributed by atoms with E-state index in [0.29, 0.717) is 6.54 Å². The molecule has 0 spiro atoms. The van der Waals surface area contributed by atoms with Crippen molar-refractivity contribution < 1.29 is 4.74 Å². The highest BCUT2D eigenvalue weighted by atomic mass is 16.5. The second-order valence-corrected chi connectivity index (χ2v) is 3.46. The Kier molecular flexibility index (Phi) is 3.58. The lowest BCUT2D eigenvalue weighted by molar-refractivity contribution is -0.0000565. The van der Waals surface area contributed by atoms with Crippen LogP contribution in [0.2, 0.25) is 0 Å². The van der Waals surface area contributed by atoms with Gasteiger partial charge < -0.3 is 10.5 Å². The molecule has 12 heavy (non-hydrogen) atoms. The SMILES string of the molecule is CC#CCC1(CN)CCCOC1. The Morgan fingerprint density at radius 3 is 2.92 bits per heavy atom. The highest BCUT2D eigenvalue weighted by Gasteiger charge is 2.30. The molecule has 1 unspecified atom stereocenters. The minimum absolute atomic E-state index is 0.154. The minimum Gasteiger partial charge on any atom is -0.381 e. The van der Waals surface area contributed by atoms with Crippen molar-refractivity contribution in [3.63, 3.8) is 0 Å². The normalized spacial score (nSPS) is 29.2. The van der Waals surface area contributed by atoms with Gasteiger partial charge in [0.2, 0.25) is 0 Å². The summed E-state index contributed by atoms with van der Waals surface area (Å²) in [5, 5.41) is 0. The van der Waals surface area contributed by atoms with Gasteiger partial charge in [-0.15, -0.1) is 11.8 Å². The van der Waals surface area contributed by atoms with Gasteiger partial charge in [-0.05, 0) is 19.8 Å². The molecule has 2 heteroatoms. The van der Waals surface area contributed by atoms with Crippen LogP contribution < -0.4 is 5.73 Å². The van der Waals surface area contributed by atoms with Crippen molar-refractivity contribution >= 4 is 0 Å². The van der Waals surface area contributed by atoms with E-state index in [2.05, 4.69) is 11.8 Å². The van der Waals surface area contributed by atoms with E-state index >= 15 is 0 Å². The summed E-state index contributed by atoms with van der Waals surface area (Å²) in [7, 11) is 0. The first-order valence-corrected chi connectivity index (χ1v) is 4.50. The van der Waals surface area contributed by atoms with Gasteiger partial charge in [0.05, 0.1) is 6.61 Å². The van der Waals surface area contributed by atoms with Crippen LogP contribution in [-0.2, 0) is 4.74 Å². The van der Waals surface area contributed by atoms with Crippen LogP contribution in [-0.4, -0.2) is 19.8 Å². The Bertz CT molecular complexity index is 184. The van der Waals surface area contributed by atoms with Crippen LogP contribution >= 0.6 is 0 Å². The van der Waals surface area contributed by atoms with Gasteiger partial charge in [0.15, 0.2) is 0 Å². The number of rotatable bonds is 2. The van der Waals surface area contributed by atoms with E-state index in [1.54, 1.807) is 0 Å². The lowest BCUT2D eigenvalue weighted by Crippen LogP contribution is -2.38. The van der Waals surface area contributed by atoms with Crippen molar-refractivity contribution in [2.24, 2.45) is 11.1 Å². The van der Waals surface area contributed by atoms with Crippen molar-refractivity contribution in [1.29, 1.82) is 0 Å². The predicted molar refractivity (Wildman–Crippen MR) is 49.6 cm³/mol. The first-order chi connectivity index (χ1) is 5.83. The van der Waals surface area contributed by atoms with Gasteiger partial charge in [0, 0.05) is 25.0 Å². The van der Waals surface area contributed by atoms with Crippen LogP contribution in [0.4, 0.5) is 0 Å². The molecule has 1 aliphatic heterocycles. The van der Waals surface area contributed by atoms with Gasteiger partial charge >= 0.3 is 0 Å². The molecule has 0 saturated carbocycles. The Balaban J connectivity index is 2.51. The molecule has 2 nitrogen and oxygen atoms in total. The fraction of sp³-hybridized carbons (Fsp3) is 0.800.